The number of anilines is 1. The van der Waals surface area contributed by atoms with E-state index in [1.165, 1.54) is 6.08 Å². The predicted octanol–water partition coefficient (Wildman–Crippen LogP) is 2.98. The molecule has 0 saturated heterocycles. The zero-order chi connectivity index (χ0) is 21.2. The van der Waals surface area contributed by atoms with Crippen LogP contribution in [0.4, 0.5) is 5.69 Å². The summed E-state index contributed by atoms with van der Waals surface area (Å²) in [5, 5.41) is 8.34. The van der Waals surface area contributed by atoms with E-state index in [9.17, 15) is 9.59 Å². The SMILES string of the molecule is CCNC(=O)c1ccc(NC(=S)NC(=O)/C=C/c2ccc(OC)c(OC)c2)cc1. The Morgan fingerprint density at radius 3 is 2.34 bits per heavy atom. The molecule has 7 nitrogen and oxygen atoms in total. The molecule has 3 N–H and O–H groups in total. The molecule has 0 aromatic heterocycles. The second-order valence-corrected chi connectivity index (χ2v) is 6.24. The van der Waals surface area contributed by atoms with Gasteiger partial charge in [0, 0.05) is 23.9 Å². The lowest BCUT2D eigenvalue weighted by Crippen LogP contribution is -2.32. The van der Waals surface area contributed by atoms with E-state index in [-0.39, 0.29) is 16.9 Å². The molecule has 0 heterocycles. The summed E-state index contributed by atoms with van der Waals surface area (Å²) in [6.07, 6.45) is 3.01. The molecule has 0 fully saturated rings. The normalized spacial score (nSPS) is 10.3. The standard InChI is InChI=1S/C21H23N3O4S/c1-4-22-20(26)15-7-9-16(10-8-15)23-21(29)24-19(25)12-6-14-5-11-17(27-2)18(13-14)28-3/h5-13H,4H2,1-3H3,(H,22,26)(H2,23,24,25,29)/b12-6+. The molecule has 0 aliphatic carbocycles. The van der Waals surface area contributed by atoms with Crippen molar-refractivity contribution in [2.75, 3.05) is 26.1 Å². The zero-order valence-electron chi connectivity index (χ0n) is 16.4. The zero-order valence-corrected chi connectivity index (χ0v) is 17.3. The van der Waals surface area contributed by atoms with Gasteiger partial charge in [-0.3, -0.25) is 14.9 Å². The topological polar surface area (TPSA) is 88.7 Å². The van der Waals surface area contributed by atoms with E-state index in [0.29, 0.717) is 29.3 Å². The van der Waals surface area contributed by atoms with Crippen molar-refractivity contribution in [2.24, 2.45) is 0 Å². The van der Waals surface area contributed by atoms with E-state index in [1.54, 1.807) is 62.8 Å². The number of nitrogens with one attached hydrogen (secondary N) is 3. The molecule has 2 aromatic rings. The van der Waals surface area contributed by atoms with Crippen molar-refractivity contribution in [3.8, 4) is 11.5 Å². The van der Waals surface area contributed by atoms with Gasteiger partial charge in [-0.25, -0.2) is 0 Å². The molecule has 2 rings (SSSR count). The van der Waals surface area contributed by atoms with Crippen molar-refractivity contribution in [1.29, 1.82) is 0 Å². The van der Waals surface area contributed by atoms with Gasteiger partial charge in [-0.2, -0.15) is 0 Å². The first kappa shape index (κ1) is 21.9. The first-order valence-corrected chi connectivity index (χ1v) is 9.28. The van der Waals surface area contributed by atoms with E-state index in [2.05, 4.69) is 16.0 Å². The van der Waals surface area contributed by atoms with Gasteiger partial charge >= 0.3 is 0 Å². The molecular weight excluding hydrogens is 390 g/mol. The number of amides is 2. The molecular formula is C21H23N3O4S. The van der Waals surface area contributed by atoms with Crippen molar-refractivity contribution >= 4 is 40.9 Å². The van der Waals surface area contributed by atoms with Gasteiger partial charge in [0.05, 0.1) is 14.2 Å². The molecule has 0 radical (unpaired) electrons. The van der Waals surface area contributed by atoms with E-state index < -0.39 is 0 Å². The highest BCUT2D eigenvalue weighted by Gasteiger charge is 2.06. The van der Waals surface area contributed by atoms with Crippen molar-refractivity contribution < 1.29 is 19.1 Å². The van der Waals surface area contributed by atoms with Crippen LogP contribution in [0.25, 0.3) is 6.08 Å². The van der Waals surface area contributed by atoms with Gasteiger partial charge < -0.3 is 20.1 Å². The van der Waals surface area contributed by atoms with Gasteiger partial charge in [0.25, 0.3) is 5.91 Å². The Balaban J connectivity index is 1.91. The smallest absolute Gasteiger partial charge is 0.251 e. The van der Waals surface area contributed by atoms with Crippen LogP contribution in [0.2, 0.25) is 0 Å². The van der Waals surface area contributed by atoms with Gasteiger partial charge in [-0.15, -0.1) is 0 Å². The molecule has 2 amide bonds. The maximum absolute atomic E-state index is 12.1. The summed E-state index contributed by atoms with van der Waals surface area (Å²) in [5.41, 5.74) is 1.98. The van der Waals surface area contributed by atoms with Gasteiger partial charge in [0.2, 0.25) is 5.91 Å². The first-order chi connectivity index (χ1) is 14.0. The van der Waals surface area contributed by atoms with Crippen LogP contribution in [0, 0.1) is 0 Å². The fourth-order valence-electron chi connectivity index (χ4n) is 2.41. The van der Waals surface area contributed by atoms with E-state index in [4.69, 9.17) is 21.7 Å². The third kappa shape index (κ3) is 6.62. The van der Waals surface area contributed by atoms with Crippen LogP contribution in [0.15, 0.2) is 48.5 Å². The van der Waals surface area contributed by atoms with Crippen LogP contribution in [0.5, 0.6) is 11.5 Å². The summed E-state index contributed by atoms with van der Waals surface area (Å²) < 4.78 is 10.4. The third-order valence-electron chi connectivity index (χ3n) is 3.81. The summed E-state index contributed by atoms with van der Waals surface area (Å²) in [6, 6.07) is 12.1. The molecule has 0 bridgehead atoms. The number of methoxy groups -OCH3 is 2. The lowest BCUT2D eigenvalue weighted by atomic mass is 10.2. The molecule has 0 aliphatic rings. The molecule has 152 valence electrons. The Hall–Kier alpha value is -3.39. The number of hydrogen-bond acceptors (Lipinski definition) is 5. The summed E-state index contributed by atoms with van der Waals surface area (Å²) in [7, 11) is 3.10. The lowest BCUT2D eigenvalue weighted by molar-refractivity contribution is -0.115. The Bertz CT molecular complexity index is 911. The van der Waals surface area contributed by atoms with Gasteiger partial charge in [0.1, 0.15) is 0 Å². The van der Waals surface area contributed by atoms with Crippen molar-refractivity contribution in [2.45, 2.75) is 6.92 Å². The number of carbonyl (C=O) groups is 2. The Labute approximate surface area is 175 Å². The molecule has 8 heteroatoms. The minimum absolute atomic E-state index is 0.143. The number of hydrogen-bond donors (Lipinski definition) is 3. The van der Waals surface area contributed by atoms with E-state index in [0.717, 1.165) is 5.56 Å². The largest absolute Gasteiger partial charge is 0.493 e. The molecule has 29 heavy (non-hydrogen) atoms. The van der Waals surface area contributed by atoms with E-state index >= 15 is 0 Å². The number of ether oxygens (including phenoxy) is 2. The third-order valence-corrected chi connectivity index (χ3v) is 4.02. The van der Waals surface area contributed by atoms with E-state index in [1.807, 2.05) is 6.92 Å². The van der Waals surface area contributed by atoms with Gasteiger partial charge in [-0.1, -0.05) is 6.07 Å². The highest BCUT2D eigenvalue weighted by molar-refractivity contribution is 7.80. The van der Waals surface area contributed by atoms with Crippen LogP contribution in [-0.4, -0.2) is 37.7 Å². The van der Waals surface area contributed by atoms with Crippen LogP contribution >= 0.6 is 12.2 Å². The Morgan fingerprint density at radius 1 is 1.03 bits per heavy atom. The minimum Gasteiger partial charge on any atom is -0.493 e. The maximum Gasteiger partial charge on any atom is 0.251 e. The summed E-state index contributed by atoms with van der Waals surface area (Å²) >= 11 is 5.15. The second kappa shape index (κ2) is 10.8. The Kier molecular flexibility index (Phi) is 8.17. The summed E-state index contributed by atoms with van der Waals surface area (Å²) in [4.78, 5) is 23.8. The fourth-order valence-corrected chi connectivity index (χ4v) is 2.63. The molecule has 0 unspecified atom stereocenters. The van der Waals surface area contributed by atoms with Gasteiger partial charge in [-0.05, 0) is 67.2 Å². The lowest BCUT2D eigenvalue weighted by Gasteiger charge is -2.09. The average molecular weight is 413 g/mol. The molecule has 0 atom stereocenters. The van der Waals surface area contributed by atoms with Crippen molar-refractivity contribution in [1.82, 2.24) is 10.6 Å². The highest BCUT2D eigenvalue weighted by atomic mass is 32.1. The highest BCUT2D eigenvalue weighted by Crippen LogP contribution is 2.27. The molecule has 0 aliphatic heterocycles. The molecule has 2 aromatic carbocycles. The average Bonchev–Trinajstić information content (AvgIpc) is 2.72. The van der Waals surface area contributed by atoms with Crippen molar-refractivity contribution in [3.05, 3.63) is 59.7 Å². The monoisotopic (exact) mass is 413 g/mol. The molecule has 0 spiro atoms. The first-order valence-electron chi connectivity index (χ1n) is 8.87. The minimum atomic E-state index is -0.378. The number of rotatable bonds is 7. The van der Waals surface area contributed by atoms with Gasteiger partial charge in [0.15, 0.2) is 16.6 Å². The molecule has 0 saturated carbocycles. The van der Waals surface area contributed by atoms with Crippen LogP contribution in [0.1, 0.15) is 22.8 Å². The number of thiocarbonyl (C=S) groups is 1. The van der Waals surface area contributed by atoms with Crippen LogP contribution in [-0.2, 0) is 4.79 Å². The number of benzene rings is 2. The van der Waals surface area contributed by atoms with Crippen LogP contribution < -0.4 is 25.4 Å². The van der Waals surface area contributed by atoms with Crippen molar-refractivity contribution in [3.63, 3.8) is 0 Å². The maximum atomic E-state index is 12.1. The predicted molar refractivity (Wildman–Crippen MR) is 117 cm³/mol. The summed E-state index contributed by atoms with van der Waals surface area (Å²) in [6.45, 7) is 2.42. The van der Waals surface area contributed by atoms with Crippen LogP contribution in [0.3, 0.4) is 0 Å². The number of carbonyl (C=O) groups excluding carboxylic acids is 2. The summed E-state index contributed by atoms with van der Waals surface area (Å²) in [5.74, 6) is 0.660. The fraction of sp³-hybridized carbons (Fsp3) is 0.190. The quantitative estimate of drug-likeness (QED) is 0.478. The second-order valence-electron chi connectivity index (χ2n) is 5.83. The Morgan fingerprint density at radius 2 is 1.72 bits per heavy atom.